The lowest BCUT2D eigenvalue weighted by atomic mass is 10.1. The molecule has 0 bridgehead atoms. The molecule has 0 atom stereocenters. The van der Waals surface area contributed by atoms with Gasteiger partial charge in [0.05, 0.1) is 0 Å². The van der Waals surface area contributed by atoms with E-state index in [0.717, 1.165) is 5.56 Å². The summed E-state index contributed by atoms with van der Waals surface area (Å²) < 4.78 is 26.4. The number of carbonyl (C=O) groups is 1. The summed E-state index contributed by atoms with van der Waals surface area (Å²) in [6, 6.07) is 10.6. The number of benzene rings is 2. The number of amides is 1. The number of hydrogen-bond acceptors (Lipinski definition) is 2. The van der Waals surface area contributed by atoms with Crippen molar-refractivity contribution in [1.82, 2.24) is 16.0 Å². The van der Waals surface area contributed by atoms with Gasteiger partial charge < -0.3 is 16.0 Å². The molecule has 0 spiro atoms. The van der Waals surface area contributed by atoms with Crippen LogP contribution in [0, 0.1) is 18.6 Å². The highest BCUT2D eigenvalue weighted by Gasteiger charge is 2.07. The van der Waals surface area contributed by atoms with E-state index >= 15 is 0 Å². The lowest BCUT2D eigenvalue weighted by Gasteiger charge is -2.12. The molecule has 2 aromatic rings. The van der Waals surface area contributed by atoms with Crippen molar-refractivity contribution in [3.8, 4) is 0 Å². The number of hydrogen-bond donors (Lipinski definition) is 3. The summed E-state index contributed by atoms with van der Waals surface area (Å²) in [7, 11) is 1.63. The van der Waals surface area contributed by atoms with Crippen molar-refractivity contribution in [3.63, 3.8) is 0 Å². The van der Waals surface area contributed by atoms with Gasteiger partial charge in [-0.2, -0.15) is 0 Å². The molecule has 1 amide bonds. The molecule has 2 rings (SSSR count). The first-order valence-electron chi connectivity index (χ1n) is 8.23. The molecule has 0 saturated carbocycles. The Morgan fingerprint density at radius 1 is 1.00 bits per heavy atom. The Morgan fingerprint density at radius 2 is 1.69 bits per heavy atom. The van der Waals surface area contributed by atoms with Gasteiger partial charge in [0.1, 0.15) is 11.6 Å². The van der Waals surface area contributed by atoms with E-state index in [1.54, 1.807) is 38.2 Å². The second kappa shape index (κ2) is 9.50. The summed E-state index contributed by atoms with van der Waals surface area (Å²) in [5.41, 5.74) is 1.70. The summed E-state index contributed by atoms with van der Waals surface area (Å²) >= 11 is 0. The number of halogens is 2. The number of guanidine groups is 1. The number of aliphatic imine (C=N–C) groups is 1. The van der Waals surface area contributed by atoms with E-state index in [4.69, 9.17) is 0 Å². The van der Waals surface area contributed by atoms with E-state index < -0.39 is 5.82 Å². The van der Waals surface area contributed by atoms with E-state index in [1.807, 2.05) is 0 Å². The number of nitrogens with zero attached hydrogens (tertiary/aromatic N) is 1. The van der Waals surface area contributed by atoms with E-state index in [1.165, 1.54) is 18.2 Å². The topological polar surface area (TPSA) is 65.5 Å². The first-order valence-corrected chi connectivity index (χ1v) is 8.23. The second-order valence-electron chi connectivity index (χ2n) is 5.70. The number of carbonyl (C=O) groups excluding carboxylic acids is 1. The normalized spacial score (nSPS) is 11.2. The van der Waals surface area contributed by atoms with Crippen LogP contribution in [0.1, 0.15) is 21.5 Å². The van der Waals surface area contributed by atoms with Gasteiger partial charge in [0.25, 0.3) is 5.91 Å². The number of nitrogens with one attached hydrogen (secondary N) is 3. The Hall–Kier alpha value is -2.96. The van der Waals surface area contributed by atoms with Crippen LogP contribution in [0.15, 0.2) is 47.5 Å². The van der Waals surface area contributed by atoms with Crippen molar-refractivity contribution in [2.45, 2.75) is 13.5 Å². The minimum atomic E-state index is -0.402. The monoisotopic (exact) mass is 360 g/mol. The SMILES string of the molecule is CN=C(NCCNC(=O)c1ccc(C)c(F)c1)NCc1ccc(F)cc1. The Kier molecular flexibility index (Phi) is 7.08. The van der Waals surface area contributed by atoms with Gasteiger partial charge in [0, 0.05) is 32.2 Å². The molecule has 0 fully saturated rings. The van der Waals surface area contributed by atoms with Crippen LogP contribution in [-0.4, -0.2) is 32.0 Å². The van der Waals surface area contributed by atoms with Gasteiger partial charge in [-0.25, -0.2) is 8.78 Å². The Morgan fingerprint density at radius 3 is 2.35 bits per heavy atom. The zero-order valence-corrected chi connectivity index (χ0v) is 14.8. The third-order valence-corrected chi connectivity index (χ3v) is 3.73. The summed E-state index contributed by atoms with van der Waals surface area (Å²) in [6.45, 7) is 2.94. The molecule has 0 aliphatic carbocycles. The molecule has 0 aromatic heterocycles. The molecule has 0 unspecified atom stereocenters. The summed E-state index contributed by atoms with van der Waals surface area (Å²) in [4.78, 5) is 16.1. The Labute approximate surface area is 151 Å². The third-order valence-electron chi connectivity index (χ3n) is 3.73. The Balaban J connectivity index is 1.72. The van der Waals surface area contributed by atoms with Crippen LogP contribution in [0.3, 0.4) is 0 Å². The number of aryl methyl sites for hydroxylation is 1. The lowest BCUT2D eigenvalue weighted by molar-refractivity contribution is 0.0954. The van der Waals surface area contributed by atoms with Gasteiger partial charge in [-0.15, -0.1) is 0 Å². The van der Waals surface area contributed by atoms with Crippen LogP contribution in [0.4, 0.5) is 8.78 Å². The van der Waals surface area contributed by atoms with Crippen LogP contribution in [-0.2, 0) is 6.54 Å². The first kappa shape index (κ1) is 19.4. The molecule has 5 nitrogen and oxygen atoms in total. The van der Waals surface area contributed by atoms with E-state index in [9.17, 15) is 13.6 Å². The van der Waals surface area contributed by atoms with Crippen LogP contribution < -0.4 is 16.0 Å². The second-order valence-corrected chi connectivity index (χ2v) is 5.70. The van der Waals surface area contributed by atoms with Gasteiger partial charge in [0.2, 0.25) is 0 Å². The standard InChI is InChI=1S/C19H22F2N4O/c1-13-3-6-15(11-17(13)21)18(26)23-9-10-24-19(22-2)25-12-14-4-7-16(20)8-5-14/h3-8,11H,9-10,12H2,1-2H3,(H,23,26)(H2,22,24,25). The predicted molar refractivity (Wildman–Crippen MR) is 98.1 cm³/mol. The van der Waals surface area contributed by atoms with Gasteiger partial charge in [-0.1, -0.05) is 18.2 Å². The molecule has 7 heteroatoms. The van der Waals surface area contributed by atoms with Crippen LogP contribution >= 0.6 is 0 Å². The summed E-state index contributed by atoms with van der Waals surface area (Å²) in [6.07, 6.45) is 0. The van der Waals surface area contributed by atoms with Gasteiger partial charge in [-0.3, -0.25) is 9.79 Å². The van der Waals surface area contributed by atoms with Crippen molar-refractivity contribution in [3.05, 3.63) is 70.8 Å². The molecule has 2 aromatic carbocycles. The van der Waals surface area contributed by atoms with E-state index in [2.05, 4.69) is 20.9 Å². The van der Waals surface area contributed by atoms with Crippen LogP contribution in [0.2, 0.25) is 0 Å². The average Bonchev–Trinajstić information content (AvgIpc) is 2.64. The lowest BCUT2D eigenvalue weighted by Crippen LogP contribution is -2.41. The average molecular weight is 360 g/mol. The van der Waals surface area contributed by atoms with Gasteiger partial charge in [0.15, 0.2) is 5.96 Å². The molecule has 0 aliphatic rings. The fraction of sp³-hybridized carbons (Fsp3) is 0.263. The highest BCUT2D eigenvalue weighted by atomic mass is 19.1. The molecule has 138 valence electrons. The van der Waals surface area contributed by atoms with Crippen molar-refractivity contribution in [2.24, 2.45) is 4.99 Å². The van der Waals surface area contributed by atoms with E-state index in [0.29, 0.717) is 31.2 Å². The molecule has 0 aliphatic heterocycles. The maximum absolute atomic E-state index is 13.5. The minimum absolute atomic E-state index is 0.277. The third kappa shape index (κ3) is 5.84. The smallest absolute Gasteiger partial charge is 0.251 e. The summed E-state index contributed by atoms with van der Waals surface area (Å²) in [5, 5.41) is 8.86. The van der Waals surface area contributed by atoms with Crippen molar-refractivity contribution in [2.75, 3.05) is 20.1 Å². The largest absolute Gasteiger partial charge is 0.355 e. The molecule has 3 N–H and O–H groups in total. The van der Waals surface area contributed by atoms with Crippen molar-refractivity contribution in [1.29, 1.82) is 0 Å². The minimum Gasteiger partial charge on any atom is -0.355 e. The molecule has 0 heterocycles. The molecule has 0 radical (unpaired) electrons. The van der Waals surface area contributed by atoms with Crippen molar-refractivity contribution >= 4 is 11.9 Å². The maximum atomic E-state index is 13.5. The zero-order valence-electron chi connectivity index (χ0n) is 14.8. The highest BCUT2D eigenvalue weighted by molar-refractivity contribution is 5.94. The maximum Gasteiger partial charge on any atom is 0.251 e. The van der Waals surface area contributed by atoms with Crippen LogP contribution in [0.25, 0.3) is 0 Å². The van der Waals surface area contributed by atoms with E-state index in [-0.39, 0.29) is 17.3 Å². The predicted octanol–water partition coefficient (Wildman–Crippen LogP) is 2.37. The molecule has 26 heavy (non-hydrogen) atoms. The molecular weight excluding hydrogens is 338 g/mol. The fourth-order valence-corrected chi connectivity index (χ4v) is 2.20. The van der Waals surface area contributed by atoms with Gasteiger partial charge >= 0.3 is 0 Å². The highest BCUT2D eigenvalue weighted by Crippen LogP contribution is 2.08. The van der Waals surface area contributed by atoms with Crippen molar-refractivity contribution < 1.29 is 13.6 Å². The van der Waals surface area contributed by atoms with Crippen LogP contribution in [0.5, 0.6) is 0 Å². The number of rotatable bonds is 6. The first-order chi connectivity index (χ1) is 12.5. The fourth-order valence-electron chi connectivity index (χ4n) is 2.20. The summed E-state index contributed by atoms with van der Waals surface area (Å²) in [5.74, 6) is -0.452. The van der Waals surface area contributed by atoms with Gasteiger partial charge in [-0.05, 0) is 42.3 Å². The molecular formula is C19H22F2N4O. The zero-order chi connectivity index (χ0) is 18.9. The Bertz CT molecular complexity index is 776. The molecule has 0 saturated heterocycles. The quantitative estimate of drug-likeness (QED) is 0.421.